The summed E-state index contributed by atoms with van der Waals surface area (Å²) in [5.41, 5.74) is 0.689. The first-order chi connectivity index (χ1) is 5.74. The Labute approximate surface area is 71.9 Å². The highest BCUT2D eigenvalue weighted by molar-refractivity contribution is 5.08. The summed E-state index contributed by atoms with van der Waals surface area (Å²) in [6.07, 6.45) is 3.91. The Balaban J connectivity index is 2.73. The summed E-state index contributed by atoms with van der Waals surface area (Å²) in [6.45, 7) is 2.00. The molecule has 1 atom stereocenters. The van der Waals surface area contributed by atoms with Crippen molar-refractivity contribution in [3.05, 3.63) is 35.3 Å². The van der Waals surface area contributed by atoms with Crippen molar-refractivity contribution in [1.29, 1.82) is 0 Å². The van der Waals surface area contributed by atoms with Crippen LogP contribution in [-0.4, -0.2) is 5.11 Å². The van der Waals surface area contributed by atoms with Crippen LogP contribution in [0.2, 0.25) is 0 Å². The molecule has 1 heterocycles. The van der Waals surface area contributed by atoms with Gasteiger partial charge in [0.05, 0.1) is 6.10 Å². The van der Waals surface area contributed by atoms with Crippen LogP contribution in [0.15, 0.2) is 24.5 Å². The lowest BCUT2D eigenvalue weighted by Crippen LogP contribution is -2.25. The summed E-state index contributed by atoms with van der Waals surface area (Å²) >= 11 is 0. The lowest BCUT2D eigenvalue weighted by molar-refractivity contribution is -0.606. The van der Waals surface area contributed by atoms with Crippen LogP contribution in [0.4, 0.5) is 0 Å². The summed E-state index contributed by atoms with van der Waals surface area (Å²) in [5.74, 6) is 0. The van der Waals surface area contributed by atoms with Gasteiger partial charge in [0, 0.05) is 11.6 Å². The number of aliphatic hydroxyl groups is 1. The van der Waals surface area contributed by atoms with Crippen LogP contribution in [0.25, 0.3) is 0 Å². The quantitative estimate of drug-likeness (QED) is 0.542. The van der Waals surface area contributed by atoms with Gasteiger partial charge in [-0.3, -0.25) is 0 Å². The normalized spacial score (nSPS) is 12.8. The number of aliphatic hydroxyl groups excluding tert-OH is 1. The third-order valence-corrected chi connectivity index (χ3v) is 1.74. The summed E-state index contributed by atoms with van der Waals surface area (Å²) in [5, 5.41) is 20.3. The lowest BCUT2D eigenvalue weighted by Gasteiger charge is -2.07. The highest BCUT2D eigenvalue weighted by Crippen LogP contribution is 2.15. The zero-order valence-corrected chi connectivity index (χ0v) is 7.10. The van der Waals surface area contributed by atoms with Crippen molar-refractivity contribution < 1.29 is 9.84 Å². The van der Waals surface area contributed by atoms with E-state index >= 15 is 0 Å². The van der Waals surface area contributed by atoms with Crippen LogP contribution in [0.1, 0.15) is 31.4 Å². The third kappa shape index (κ3) is 2.20. The molecule has 0 fully saturated rings. The molecule has 0 bridgehead atoms. The minimum Gasteiger partial charge on any atom is -0.619 e. The highest BCUT2D eigenvalue weighted by atomic mass is 16.5. The van der Waals surface area contributed by atoms with Crippen molar-refractivity contribution in [2.75, 3.05) is 0 Å². The van der Waals surface area contributed by atoms with E-state index in [0.29, 0.717) is 16.7 Å². The highest BCUT2D eigenvalue weighted by Gasteiger charge is 2.07. The van der Waals surface area contributed by atoms with Gasteiger partial charge in [-0.1, -0.05) is 13.3 Å². The molecule has 1 rings (SSSR count). The van der Waals surface area contributed by atoms with Crippen molar-refractivity contribution >= 4 is 0 Å². The number of rotatable bonds is 3. The molecule has 0 radical (unpaired) electrons. The molecule has 3 heteroatoms. The SMILES string of the molecule is CCCC(O)c1ccc[n+]([O-])c1. The van der Waals surface area contributed by atoms with E-state index in [2.05, 4.69) is 0 Å². The Hall–Kier alpha value is -1.09. The average Bonchev–Trinajstić information content (AvgIpc) is 2.05. The first kappa shape index (κ1) is 9.00. The summed E-state index contributed by atoms with van der Waals surface area (Å²) in [7, 11) is 0. The van der Waals surface area contributed by atoms with Crippen molar-refractivity contribution in [1.82, 2.24) is 0 Å². The van der Waals surface area contributed by atoms with Gasteiger partial charge in [0.2, 0.25) is 0 Å². The van der Waals surface area contributed by atoms with Gasteiger partial charge in [-0.2, -0.15) is 4.73 Å². The standard InChI is InChI=1S/C9H13NO2/c1-2-4-9(11)8-5-3-6-10(12)7-8/h3,5-7,9,11H,2,4H2,1H3. The largest absolute Gasteiger partial charge is 0.619 e. The van der Waals surface area contributed by atoms with Gasteiger partial charge in [0.15, 0.2) is 12.4 Å². The molecule has 0 aliphatic heterocycles. The number of aromatic nitrogens is 1. The van der Waals surface area contributed by atoms with Gasteiger partial charge < -0.3 is 10.3 Å². The fourth-order valence-electron chi connectivity index (χ4n) is 1.11. The average molecular weight is 167 g/mol. The molecule has 0 amide bonds. The Bertz CT molecular complexity index is 250. The minimum atomic E-state index is -0.503. The molecular weight excluding hydrogens is 154 g/mol. The van der Waals surface area contributed by atoms with Crippen molar-refractivity contribution in [2.24, 2.45) is 0 Å². The van der Waals surface area contributed by atoms with E-state index in [4.69, 9.17) is 0 Å². The smallest absolute Gasteiger partial charge is 0.186 e. The first-order valence-electron chi connectivity index (χ1n) is 4.11. The van der Waals surface area contributed by atoms with Crippen LogP contribution in [0.3, 0.4) is 0 Å². The van der Waals surface area contributed by atoms with Crippen LogP contribution >= 0.6 is 0 Å². The van der Waals surface area contributed by atoms with Gasteiger partial charge >= 0.3 is 0 Å². The predicted molar refractivity (Wildman–Crippen MR) is 45.3 cm³/mol. The Kier molecular flexibility index (Phi) is 3.05. The van der Waals surface area contributed by atoms with E-state index in [1.54, 1.807) is 12.1 Å². The molecule has 3 nitrogen and oxygen atoms in total. The molecule has 0 saturated carbocycles. The molecule has 1 unspecified atom stereocenters. The monoisotopic (exact) mass is 167 g/mol. The summed E-state index contributed by atoms with van der Waals surface area (Å²) < 4.78 is 0.703. The molecular formula is C9H13NO2. The van der Waals surface area contributed by atoms with Crippen LogP contribution in [0, 0.1) is 5.21 Å². The van der Waals surface area contributed by atoms with Crippen molar-refractivity contribution in [2.45, 2.75) is 25.9 Å². The molecule has 0 aliphatic rings. The van der Waals surface area contributed by atoms with Gasteiger partial charge in [-0.05, 0) is 12.5 Å². The zero-order chi connectivity index (χ0) is 8.97. The molecule has 0 aliphatic carbocycles. The first-order valence-corrected chi connectivity index (χ1v) is 4.11. The Morgan fingerprint density at radius 2 is 2.42 bits per heavy atom. The number of hydrogen-bond donors (Lipinski definition) is 1. The fraction of sp³-hybridized carbons (Fsp3) is 0.444. The number of nitrogens with zero attached hydrogens (tertiary/aromatic N) is 1. The van der Waals surface area contributed by atoms with E-state index in [-0.39, 0.29) is 0 Å². The molecule has 66 valence electrons. The maximum atomic E-state index is 10.8. The van der Waals surface area contributed by atoms with Gasteiger partial charge in [-0.25, -0.2) is 0 Å². The Morgan fingerprint density at radius 3 is 3.00 bits per heavy atom. The van der Waals surface area contributed by atoms with Crippen molar-refractivity contribution in [3.8, 4) is 0 Å². The van der Waals surface area contributed by atoms with E-state index < -0.39 is 6.10 Å². The van der Waals surface area contributed by atoms with Crippen LogP contribution < -0.4 is 4.73 Å². The molecule has 0 aromatic carbocycles. The van der Waals surface area contributed by atoms with Gasteiger partial charge in [-0.15, -0.1) is 0 Å². The van der Waals surface area contributed by atoms with Crippen LogP contribution in [-0.2, 0) is 0 Å². The number of pyridine rings is 1. The second kappa shape index (κ2) is 4.07. The zero-order valence-electron chi connectivity index (χ0n) is 7.10. The van der Waals surface area contributed by atoms with E-state index in [0.717, 1.165) is 6.42 Å². The molecule has 1 aromatic rings. The van der Waals surface area contributed by atoms with E-state index in [9.17, 15) is 10.3 Å². The molecule has 12 heavy (non-hydrogen) atoms. The van der Waals surface area contributed by atoms with Gasteiger partial charge in [0.25, 0.3) is 0 Å². The number of hydrogen-bond acceptors (Lipinski definition) is 2. The Morgan fingerprint density at radius 1 is 1.67 bits per heavy atom. The summed E-state index contributed by atoms with van der Waals surface area (Å²) in [6, 6.07) is 3.40. The minimum absolute atomic E-state index is 0.503. The van der Waals surface area contributed by atoms with Gasteiger partial charge in [0.1, 0.15) is 0 Å². The third-order valence-electron chi connectivity index (χ3n) is 1.74. The molecule has 1 N–H and O–H groups in total. The second-order valence-electron chi connectivity index (χ2n) is 2.80. The topological polar surface area (TPSA) is 47.2 Å². The maximum Gasteiger partial charge on any atom is 0.186 e. The van der Waals surface area contributed by atoms with Crippen LogP contribution in [0.5, 0.6) is 0 Å². The summed E-state index contributed by atoms with van der Waals surface area (Å²) in [4.78, 5) is 0. The maximum absolute atomic E-state index is 10.8. The molecule has 0 saturated heterocycles. The predicted octanol–water partition coefficient (Wildman–Crippen LogP) is 1.15. The lowest BCUT2D eigenvalue weighted by atomic mass is 10.1. The fourth-order valence-corrected chi connectivity index (χ4v) is 1.11. The van der Waals surface area contributed by atoms with Crippen molar-refractivity contribution in [3.63, 3.8) is 0 Å². The molecule has 1 aromatic heterocycles. The van der Waals surface area contributed by atoms with E-state index in [1.807, 2.05) is 6.92 Å². The van der Waals surface area contributed by atoms with E-state index in [1.165, 1.54) is 12.4 Å². The molecule has 0 spiro atoms. The second-order valence-corrected chi connectivity index (χ2v) is 2.80.